The van der Waals surface area contributed by atoms with Crippen molar-refractivity contribution in [2.45, 2.75) is 6.10 Å². The minimum Gasteiger partial charge on any atom is -0.393 e. The lowest BCUT2D eigenvalue weighted by atomic mass is 10.2. The van der Waals surface area contributed by atoms with Crippen LogP contribution in [-0.2, 0) is 4.84 Å². The molecule has 5 heteroatoms. The van der Waals surface area contributed by atoms with Crippen LogP contribution in [0.3, 0.4) is 0 Å². The van der Waals surface area contributed by atoms with Gasteiger partial charge in [0, 0.05) is 10.7 Å². The van der Waals surface area contributed by atoms with E-state index in [-0.39, 0.29) is 12.7 Å². The second-order valence-electron chi connectivity index (χ2n) is 2.88. The van der Waals surface area contributed by atoms with Gasteiger partial charge in [0.1, 0.15) is 6.10 Å². The number of pyridine rings is 1. The molecule has 2 heterocycles. The number of aromatic nitrogens is 1. The van der Waals surface area contributed by atoms with Crippen molar-refractivity contribution in [2.75, 3.05) is 6.61 Å². The summed E-state index contributed by atoms with van der Waals surface area (Å²) in [6.07, 6.45) is 3.23. The number of hydrogen-bond acceptors (Lipinski definition) is 4. The normalized spacial score (nSPS) is 20.4. The first-order chi connectivity index (χ1) is 6.79. The van der Waals surface area contributed by atoms with Crippen LogP contribution in [0.15, 0.2) is 28.9 Å². The van der Waals surface area contributed by atoms with Crippen LogP contribution in [0.2, 0.25) is 0 Å². The number of aliphatic hydroxyl groups excluding tert-OH is 1. The van der Waals surface area contributed by atoms with Gasteiger partial charge in [-0.3, -0.25) is 15.3 Å². The maximum absolute atomic E-state index is 8.84. The van der Waals surface area contributed by atoms with Crippen LogP contribution in [-0.4, -0.2) is 22.8 Å². The first-order valence-corrected chi connectivity index (χ1v) is 4.95. The van der Waals surface area contributed by atoms with Crippen LogP contribution in [0.5, 0.6) is 0 Å². The SMILES string of the molecule is OCC1C=C(c2ccc(Br)cn2)NO1. The molecule has 1 aliphatic heterocycles. The van der Waals surface area contributed by atoms with E-state index in [4.69, 9.17) is 9.94 Å². The van der Waals surface area contributed by atoms with Crippen molar-refractivity contribution in [1.29, 1.82) is 0 Å². The number of halogens is 1. The van der Waals surface area contributed by atoms with Crippen LogP contribution in [0.4, 0.5) is 0 Å². The first kappa shape index (κ1) is 9.64. The zero-order chi connectivity index (χ0) is 9.97. The highest BCUT2D eigenvalue weighted by atomic mass is 79.9. The van der Waals surface area contributed by atoms with Gasteiger partial charge in [-0.2, -0.15) is 0 Å². The summed E-state index contributed by atoms with van der Waals surface area (Å²) in [6.45, 7) is -0.0347. The van der Waals surface area contributed by atoms with E-state index in [1.165, 1.54) is 0 Å². The summed E-state index contributed by atoms with van der Waals surface area (Å²) in [5.41, 5.74) is 4.30. The lowest BCUT2D eigenvalue weighted by Gasteiger charge is -2.02. The highest BCUT2D eigenvalue weighted by Crippen LogP contribution is 2.17. The summed E-state index contributed by atoms with van der Waals surface area (Å²) in [5, 5.41) is 8.84. The Bertz CT molecular complexity index is 350. The zero-order valence-electron chi connectivity index (χ0n) is 7.27. The smallest absolute Gasteiger partial charge is 0.129 e. The third kappa shape index (κ3) is 1.95. The molecule has 1 aromatic rings. The Labute approximate surface area is 89.7 Å². The Hall–Kier alpha value is -0.910. The molecule has 14 heavy (non-hydrogen) atoms. The molecule has 74 valence electrons. The average Bonchev–Trinajstić information content (AvgIpc) is 2.67. The molecule has 0 aromatic carbocycles. The number of nitrogens with one attached hydrogen (secondary N) is 1. The molecule has 1 atom stereocenters. The van der Waals surface area contributed by atoms with Crippen molar-refractivity contribution in [3.63, 3.8) is 0 Å². The Morgan fingerprint density at radius 2 is 2.43 bits per heavy atom. The molecule has 0 spiro atoms. The summed E-state index contributed by atoms with van der Waals surface area (Å²) >= 11 is 3.31. The zero-order valence-corrected chi connectivity index (χ0v) is 8.86. The number of hydrogen-bond donors (Lipinski definition) is 2. The van der Waals surface area contributed by atoms with E-state index in [1.54, 1.807) is 12.3 Å². The molecule has 0 radical (unpaired) electrons. The average molecular weight is 257 g/mol. The number of nitrogens with zero attached hydrogens (tertiary/aromatic N) is 1. The Morgan fingerprint density at radius 1 is 1.57 bits per heavy atom. The molecule has 0 bridgehead atoms. The van der Waals surface area contributed by atoms with Gasteiger partial charge in [0.25, 0.3) is 0 Å². The first-order valence-electron chi connectivity index (χ1n) is 4.16. The summed E-state index contributed by atoms with van der Waals surface area (Å²) in [4.78, 5) is 9.24. The molecular weight excluding hydrogens is 248 g/mol. The van der Waals surface area contributed by atoms with Gasteiger partial charge in [-0.1, -0.05) is 0 Å². The highest BCUT2D eigenvalue weighted by molar-refractivity contribution is 9.10. The quantitative estimate of drug-likeness (QED) is 0.832. The van der Waals surface area contributed by atoms with E-state index in [0.717, 1.165) is 15.9 Å². The van der Waals surface area contributed by atoms with Gasteiger partial charge < -0.3 is 5.11 Å². The van der Waals surface area contributed by atoms with Gasteiger partial charge in [0.2, 0.25) is 0 Å². The summed E-state index contributed by atoms with van der Waals surface area (Å²) < 4.78 is 0.930. The van der Waals surface area contributed by atoms with E-state index >= 15 is 0 Å². The maximum Gasteiger partial charge on any atom is 0.129 e. The fourth-order valence-electron chi connectivity index (χ4n) is 1.16. The van der Waals surface area contributed by atoms with Crippen LogP contribution in [0.1, 0.15) is 5.69 Å². The Balaban J connectivity index is 2.20. The van der Waals surface area contributed by atoms with Gasteiger partial charge in [0.05, 0.1) is 18.0 Å². The minimum absolute atomic E-state index is 0.0347. The van der Waals surface area contributed by atoms with Crippen molar-refractivity contribution < 1.29 is 9.94 Å². The molecule has 1 aromatic heterocycles. The monoisotopic (exact) mass is 256 g/mol. The van der Waals surface area contributed by atoms with Crippen molar-refractivity contribution >= 4 is 21.6 Å². The maximum atomic E-state index is 8.84. The molecule has 2 rings (SSSR count). The standard InChI is InChI=1S/C9H9BrN2O2/c10-6-1-2-8(11-4-6)9-3-7(5-13)14-12-9/h1-4,7,12-13H,5H2. The Morgan fingerprint density at radius 3 is 3.00 bits per heavy atom. The van der Waals surface area contributed by atoms with Crippen LogP contribution in [0.25, 0.3) is 5.70 Å². The molecule has 0 saturated carbocycles. The summed E-state index contributed by atoms with van der Waals surface area (Å²) in [6, 6.07) is 3.77. The fourth-order valence-corrected chi connectivity index (χ4v) is 1.39. The topological polar surface area (TPSA) is 54.4 Å². The molecule has 0 fully saturated rings. The van der Waals surface area contributed by atoms with Gasteiger partial charge in [0.15, 0.2) is 0 Å². The predicted molar refractivity (Wildman–Crippen MR) is 55.0 cm³/mol. The lowest BCUT2D eigenvalue weighted by molar-refractivity contribution is 0.0172. The number of aliphatic hydroxyl groups is 1. The lowest BCUT2D eigenvalue weighted by Crippen LogP contribution is -2.15. The fraction of sp³-hybridized carbons (Fsp3) is 0.222. The van der Waals surface area contributed by atoms with Gasteiger partial charge in [-0.15, -0.1) is 0 Å². The molecule has 1 aliphatic rings. The second kappa shape index (κ2) is 4.08. The molecular formula is C9H9BrN2O2. The van der Waals surface area contributed by atoms with Crippen molar-refractivity contribution in [3.05, 3.63) is 34.6 Å². The minimum atomic E-state index is -0.282. The summed E-state index contributed by atoms with van der Waals surface area (Å²) in [5.74, 6) is 0. The van der Waals surface area contributed by atoms with E-state index in [1.807, 2.05) is 12.1 Å². The van der Waals surface area contributed by atoms with E-state index in [0.29, 0.717) is 0 Å². The third-order valence-corrected chi connectivity index (χ3v) is 2.33. The number of hydroxylamine groups is 1. The molecule has 0 aliphatic carbocycles. The summed E-state index contributed by atoms with van der Waals surface area (Å²) in [7, 11) is 0. The Kier molecular flexibility index (Phi) is 2.81. The van der Waals surface area contributed by atoms with E-state index < -0.39 is 0 Å². The van der Waals surface area contributed by atoms with Crippen LogP contribution >= 0.6 is 15.9 Å². The highest BCUT2D eigenvalue weighted by Gasteiger charge is 2.16. The predicted octanol–water partition coefficient (Wildman–Crippen LogP) is 1.08. The second-order valence-corrected chi connectivity index (χ2v) is 3.80. The van der Waals surface area contributed by atoms with Crippen LogP contribution < -0.4 is 5.48 Å². The van der Waals surface area contributed by atoms with E-state index in [9.17, 15) is 0 Å². The van der Waals surface area contributed by atoms with Crippen molar-refractivity contribution in [3.8, 4) is 0 Å². The molecule has 0 amide bonds. The molecule has 0 saturated heterocycles. The van der Waals surface area contributed by atoms with Gasteiger partial charge >= 0.3 is 0 Å². The van der Waals surface area contributed by atoms with Gasteiger partial charge in [-0.25, -0.2) is 0 Å². The third-order valence-electron chi connectivity index (χ3n) is 1.86. The van der Waals surface area contributed by atoms with Crippen molar-refractivity contribution in [1.82, 2.24) is 10.5 Å². The largest absolute Gasteiger partial charge is 0.393 e. The van der Waals surface area contributed by atoms with Crippen molar-refractivity contribution in [2.24, 2.45) is 0 Å². The van der Waals surface area contributed by atoms with E-state index in [2.05, 4.69) is 26.4 Å². The van der Waals surface area contributed by atoms with Gasteiger partial charge in [-0.05, 0) is 34.1 Å². The van der Waals surface area contributed by atoms with Crippen LogP contribution in [0, 0.1) is 0 Å². The molecule has 4 nitrogen and oxygen atoms in total. The molecule has 2 N–H and O–H groups in total. The molecule has 1 unspecified atom stereocenters. The number of rotatable bonds is 2.